The smallest absolute Gasteiger partial charge is 0.300 e. The Morgan fingerprint density at radius 1 is 1.05 bits per heavy atom. The van der Waals surface area contributed by atoms with Gasteiger partial charge in [0.2, 0.25) is 11.8 Å². The van der Waals surface area contributed by atoms with Crippen molar-refractivity contribution < 1.29 is 27.9 Å². The monoisotopic (exact) mass is 574 g/mol. The summed E-state index contributed by atoms with van der Waals surface area (Å²) in [5.74, 6) is -1.59. The zero-order valence-electron chi connectivity index (χ0n) is 22.9. The number of carbonyl (C=O) groups is 3. The topological polar surface area (TPSA) is 195 Å². The van der Waals surface area contributed by atoms with Crippen molar-refractivity contribution in [1.82, 2.24) is 19.7 Å². The molecule has 2 amide bonds. The number of carboxylic acid groups (broad SMARTS) is 1. The molecule has 13 heteroatoms. The summed E-state index contributed by atoms with van der Waals surface area (Å²) in [7, 11) is -3.94. The van der Waals surface area contributed by atoms with Crippen LogP contribution in [0, 0.1) is 5.41 Å². The Balaban J connectivity index is 0.00000131. The number of hydrogen-bond donors (Lipinski definition) is 6. The fourth-order valence-corrected chi connectivity index (χ4v) is 5.42. The Bertz CT molecular complexity index is 1260. The van der Waals surface area contributed by atoms with Crippen LogP contribution in [0.4, 0.5) is 0 Å². The van der Waals surface area contributed by atoms with Crippen molar-refractivity contribution in [2.24, 2.45) is 5.73 Å². The lowest BCUT2D eigenvalue weighted by molar-refractivity contribution is -0.139. The summed E-state index contributed by atoms with van der Waals surface area (Å²) in [6.07, 6.45) is 1.30. The van der Waals surface area contributed by atoms with Gasteiger partial charge in [-0.05, 0) is 44.2 Å². The van der Waals surface area contributed by atoms with Gasteiger partial charge in [-0.25, -0.2) is 0 Å². The molecule has 1 aliphatic heterocycles. The van der Waals surface area contributed by atoms with Gasteiger partial charge in [0.25, 0.3) is 16.2 Å². The predicted molar refractivity (Wildman–Crippen MR) is 152 cm³/mol. The first kappa shape index (κ1) is 32.4. The van der Waals surface area contributed by atoms with Gasteiger partial charge < -0.3 is 21.1 Å². The first-order valence-electron chi connectivity index (χ1n) is 12.8. The molecule has 0 bridgehead atoms. The molecule has 0 unspecified atom stereocenters. The van der Waals surface area contributed by atoms with Gasteiger partial charge in [0.1, 0.15) is 17.9 Å². The third kappa shape index (κ3) is 10.8. The van der Waals surface area contributed by atoms with E-state index >= 15 is 0 Å². The lowest BCUT2D eigenvalue weighted by atomic mass is 10.0. The highest BCUT2D eigenvalue weighted by molar-refractivity contribution is 7.87. The molecule has 0 spiro atoms. The number of amidine groups is 1. The van der Waals surface area contributed by atoms with Crippen LogP contribution in [-0.4, -0.2) is 66.7 Å². The maximum atomic E-state index is 13.6. The zero-order chi connectivity index (χ0) is 29.9. The van der Waals surface area contributed by atoms with Gasteiger partial charge in [-0.2, -0.15) is 17.9 Å². The summed E-state index contributed by atoms with van der Waals surface area (Å²) in [5.41, 5.74) is 7.71. The number of likely N-dealkylation sites (tertiary alicyclic amines) is 1. The Morgan fingerprint density at radius 2 is 1.65 bits per heavy atom. The molecule has 3 rings (SSSR count). The number of carboxylic acids is 1. The first-order chi connectivity index (χ1) is 18.8. The van der Waals surface area contributed by atoms with Gasteiger partial charge in [-0.15, -0.1) is 0 Å². The van der Waals surface area contributed by atoms with E-state index in [0.29, 0.717) is 24.9 Å². The minimum absolute atomic E-state index is 0.0324. The fourth-order valence-electron chi connectivity index (χ4n) is 4.17. The summed E-state index contributed by atoms with van der Waals surface area (Å²) in [6.45, 7) is 5.10. The maximum absolute atomic E-state index is 13.6. The number of nitrogens with two attached hydrogens (primary N) is 1. The quantitative estimate of drug-likeness (QED) is 0.171. The summed E-state index contributed by atoms with van der Waals surface area (Å²) < 4.78 is 30.2. The lowest BCUT2D eigenvalue weighted by Gasteiger charge is -2.29. The molecule has 1 saturated heterocycles. The lowest BCUT2D eigenvalue weighted by Crippen LogP contribution is -2.56. The maximum Gasteiger partial charge on any atom is 0.300 e. The molecule has 2 atom stereocenters. The number of carbonyl (C=O) groups excluding carboxylic acids is 2. The average Bonchev–Trinajstić information content (AvgIpc) is 3.36. The summed E-state index contributed by atoms with van der Waals surface area (Å²) in [6, 6.07) is 14.0. The van der Waals surface area contributed by atoms with Crippen LogP contribution in [0.3, 0.4) is 0 Å². The van der Waals surface area contributed by atoms with Gasteiger partial charge in [0, 0.05) is 31.6 Å². The minimum atomic E-state index is -3.94. The highest BCUT2D eigenvalue weighted by atomic mass is 32.2. The molecule has 1 aliphatic rings. The number of nitrogen functional groups attached to an aromatic ring is 1. The molecule has 7 N–H and O–H groups in total. The summed E-state index contributed by atoms with van der Waals surface area (Å²) >= 11 is 0. The van der Waals surface area contributed by atoms with Crippen LogP contribution in [0.1, 0.15) is 50.3 Å². The molecule has 218 valence electrons. The minimum Gasteiger partial charge on any atom is -0.481 e. The number of hydrogen-bond acceptors (Lipinski definition) is 6. The van der Waals surface area contributed by atoms with Crippen molar-refractivity contribution in [3.05, 3.63) is 71.3 Å². The molecule has 40 heavy (non-hydrogen) atoms. The largest absolute Gasteiger partial charge is 0.481 e. The molecular formula is C27H38N6O6S. The van der Waals surface area contributed by atoms with Crippen LogP contribution in [0.25, 0.3) is 0 Å². The SMILES string of the molecule is CC(=O)O.CC(C)NS(=O)(=O)N[C@H](Cc1ccccc1)C(=O)N1CCC[C@H]1C(=O)NCc1ccc(C(=N)N)cc1. The predicted octanol–water partition coefficient (Wildman–Crippen LogP) is 1.11. The average molecular weight is 575 g/mol. The third-order valence-electron chi connectivity index (χ3n) is 5.84. The molecule has 2 aromatic rings. The normalized spacial score (nSPS) is 15.6. The fraction of sp³-hybridized carbons (Fsp3) is 0.407. The van der Waals surface area contributed by atoms with Crippen molar-refractivity contribution in [3.8, 4) is 0 Å². The van der Waals surface area contributed by atoms with Gasteiger partial charge in [0.05, 0.1) is 0 Å². The standard InChI is InChI=1S/C25H34N6O4S.C2H4O2/c1-17(2)29-36(34,35)30-21(15-18-7-4-3-5-8-18)25(33)31-14-6-9-22(31)24(32)28-16-19-10-12-20(13-11-19)23(26)27;1-2(3)4/h3-5,7-8,10-13,17,21-22,29-30H,6,9,14-16H2,1-2H3,(H3,26,27)(H,28,32);1H3,(H,3,4)/t21-,22+;/m1./s1. The van der Waals surface area contributed by atoms with E-state index in [1.54, 1.807) is 38.1 Å². The molecule has 0 radical (unpaired) electrons. The number of nitrogens with one attached hydrogen (secondary N) is 4. The van der Waals surface area contributed by atoms with Crippen LogP contribution in [0.2, 0.25) is 0 Å². The molecule has 12 nitrogen and oxygen atoms in total. The Labute approximate surface area is 235 Å². The van der Waals surface area contributed by atoms with Gasteiger partial charge in [0.15, 0.2) is 0 Å². The van der Waals surface area contributed by atoms with E-state index in [2.05, 4.69) is 14.8 Å². The van der Waals surface area contributed by atoms with Crippen LogP contribution >= 0.6 is 0 Å². The van der Waals surface area contributed by atoms with Crippen molar-refractivity contribution in [3.63, 3.8) is 0 Å². The molecule has 0 aromatic heterocycles. The van der Waals surface area contributed by atoms with Gasteiger partial charge in [-0.3, -0.25) is 19.8 Å². The van der Waals surface area contributed by atoms with Crippen molar-refractivity contribution in [2.75, 3.05) is 6.54 Å². The molecule has 1 heterocycles. The van der Waals surface area contributed by atoms with Gasteiger partial charge >= 0.3 is 0 Å². The van der Waals surface area contributed by atoms with E-state index in [9.17, 15) is 18.0 Å². The van der Waals surface area contributed by atoms with E-state index in [1.165, 1.54) is 4.90 Å². The van der Waals surface area contributed by atoms with Crippen molar-refractivity contribution in [1.29, 1.82) is 5.41 Å². The molecule has 2 aromatic carbocycles. The Kier molecular flexibility index (Phi) is 12.2. The van der Waals surface area contributed by atoms with Crippen LogP contribution in [0.15, 0.2) is 54.6 Å². The van der Waals surface area contributed by atoms with Crippen LogP contribution in [-0.2, 0) is 37.6 Å². The van der Waals surface area contributed by atoms with Crippen LogP contribution in [0.5, 0.6) is 0 Å². The number of benzene rings is 2. The van der Waals surface area contributed by atoms with E-state index in [1.807, 2.05) is 30.3 Å². The summed E-state index contributed by atoms with van der Waals surface area (Å²) in [5, 5.41) is 17.8. The molecule has 0 aliphatic carbocycles. The van der Waals surface area contributed by atoms with Gasteiger partial charge in [-0.1, -0.05) is 54.6 Å². The van der Waals surface area contributed by atoms with Crippen molar-refractivity contribution >= 4 is 33.8 Å². The first-order valence-corrected chi connectivity index (χ1v) is 14.3. The van der Waals surface area contributed by atoms with E-state index in [4.69, 9.17) is 21.0 Å². The van der Waals surface area contributed by atoms with Crippen molar-refractivity contribution in [2.45, 2.75) is 64.7 Å². The number of amides is 2. The van der Waals surface area contributed by atoms with Crippen LogP contribution < -0.4 is 20.5 Å². The second-order valence-electron chi connectivity index (χ2n) is 9.67. The second-order valence-corrected chi connectivity index (χ2v) is 11.2. The summed E-state index contributed by atoms with van der Waals surface area (Å²) in [4.78, 5) is 37.0. The zero-order valence-corrected chi connectivity index (χ0v) is 23.7. The Hall–Kier alpha value is -3.81. The van der Waals surface area contributed by atoms with E-state index in [0.717, 1.165) is 18.1 Å². The highest BCUT2D eigenvalue weighted by Crippen LogP contribution is 2.20. The molecule has 1 fully saturated rings. The third-order valence-corrected chi connectivity index (χ3v) is 7.22. The molecular weight excluding hydrogens is 536 g/mol. The number of aliphatic carboxylic acids is 1. The van der Waals surface area contributed by atoms with E-state index < -0.39 is 34.2 Å². The number of rotatable bonds is 11. The highest BCUT2D eigenvalue weighted by Gasteiger charge is 2.38. The number of nitrogens with zero attached hydrogens (tertiary/aromatic N) is 1. The Morgan fingerprint density at radius 3 is 2.20 bits per heavy atom. The van der Waals surface area contributed by atoms with E-state index in [-0.39, 0.29) is 30.8 Å². The second kappa shape index (κ2) is 15.1. The molecule has 0 saturated carbocycles.